The lowest BCUT2D eigenvalue weighted by Crippen LogP contribution is -2.13. The summed E-state index contributed by atoms with van der Waals surface area (Å²) in [6.45, 7) is 9.34. The van der Waals surface area contributed by atoms with E-state index in [0.717, 1.165) is 11.1 Å². The van der Waals surface area contributed by atoms with E-state index in [1.807, 2.05) is 60.7 Å². The minimum atomic E-state index is 0.151. The summed E-state index contributed by atoms with van der Waals surface area (Å²) in [6.07, 6.45) is 0. The van der Waals surface area contributed by atoms with Crippen molar-refractivity contribution in [2.75, 3.05) is 0 Å². The van der Waals surface area contributed by atoms with Crippen LogP contribution in [0.2, 0.25) is 0 Å². The van der Waals surface area contributed by atoms with Gasteiger partial charge in [0, 0.05) is 5.56 Å². The van der Waals surface area contributed by atoms with Crippen LogP contribution >= 0.6 is 0 Å². The van der Waals surface area contributed by atoms with Crippen molar-refractivity contribution in [1.82, 2.24) is 25.1 Å². The molecule has 5 rings (SSSR count). The van der Waals surface area contributed by atoms with Crippen LogP contribution in [-0.2, 0) is 0 Å². The molecule has 0 amide bonds. The quantitative estimate of drug-likeness (QED) is 0.390. The Morgan fingerprint density at radius 2 is 1.73 bits per heavy atom. The molecule has 1 aliphatic heterocycles. The topological polar surface area (TPSA) is 101 Å². The maximum atomic E-state index is 7.56. The molecule has 9 heteroatoms. The van der Waals surface area contributed by atoms with Gasteiger partial charge in [0.1, 0.15) is 11.4 Å². The van der Waals surface area contributed by atoms with E-state index < -0.39 is 0 Å². The zero-order chi connectivity index (χ0) is 20.5. The first-order valence-corrected chi connectivity index (χ1v) is 9.08. The zero-order valence-corrected chi connectivity index (χ0v) is 15.8. The lowest BCUT2D eigenvalue weighted by molar-refractivity contribution is 0.737. The van der Waals surface area contributed by atoms with Crippen molar-refractivity contribution in [3.8, 4) is 11.3 Å². The van der Waals surface area contributed by atoms with E-state index >= 15 is 0 Å². The number of aromatic nitrogens is 5. The van der Waals surface area contributed by atoms with Gasteiger partial charge in [0.15, 0.2) is 11.5 Å². The summed E-state index contributed by atoms with van der Waals surface area (Å²) < 4.78 is 0. The number of hydrogen-bond donors (Lipinski definition) is 0. The average molecular weight is 391 g/mol. The van der Waals surface area contributed by atoms with E-state index in [9.17, 15) is 0 Å². The second-order valence-electron chi connectivity index (χ2n) is 6.43. The minimum absolute atomic E-state index is 0.151. The molecule has 9 nitrogen and oxygen atoms in total. The second kappa shape index (κ2) is 7.10. The molecular formula is C21H13N9-2. The maximum Gasteiger partial charge on any atom is 0.202 e. The summed E-state index contributed by atoms with van der Waals surface area (Å²) in [5.41, 5.74) is 7.68. The van der Waals surface area contributed by atoms with Gasteiger partial charge in [-0.2, -0.15) is 0 Å². The predicted octanol–water partition coefficient (Wildman–Crippen LogP) is 3.83. The highest BCUT2D eigenvalue weighted by molar-refractivity contribution is 6.54. The lowest BCUT2D eigenvalue weighted by Gasteiger charge is -2.22. The largest absolute Gasteiger partial charge is 0.604 e. The second-order valence-corrected chi connectivity index (χ2v) is 6.43. The van der Waals surface area contributed by atoms with Crippen LogP contribution in [0, 0.1) is 13.5 Å². The lowest BCUT2D eigenvalue weighted by atomic mass is 10.1. The Morgan fingerprint density at radius 3 is 2.43 bits per heavy atom. The minimum Gasteiger partial charge on any atom is -0.604 e. The van der Waals surface area contributed by atoms with Crippen LogP contribution in [0.15, 0.2) is 70.9 Å². The van der Waals surface area contributed by atoms with E-state index in [1.54, 1.807) is 6.92 Å². The van der Waals surface area contributed by atoms with Gasteiger partial charge in [-0.3, -0.25) is 0 Å². The Hall–Kier alpha value is -4.58. The molecule has 0 atom stereocenters. The van der Waals surface area contributed by atoms with Gasteiger partial charge < -0.3 is 20.7 Å². The molecule has 0 saturated heterocycles. The first-order chi connectivity index (χ1) is 14.7. The summed E-state index contributed by atoms with van der Waals surface area (Å²) in [4.78, 5) is 9.42. The Labute approximate surface area is 171 Å². The van der Waals surface area contributed by atoms with E-state index in [-0.39, 0.29) is 11.5 Å². The molecule has 2 aromatic heterocycles. The first-order valence-electron chi connectivity index (χ1n) is 9.08. The first kappa shape index (κ1) is 17.5. The highest BCUT2D eigenvalue weighted by atomic mass is 15.6. The van der Waals surface area contributed by atoms with Crippen molar-refractivity contribution in [3.63, 3.8) is 0 Å². The Morgan fingerprint density at radius 1 is 1.03 bits per heavy atom. The normalized spacial score (nSPS) is 13.7. The van der Waals surface area contributed by atoms with Crippen molar-refractivity contribution in [2.45, 2.75) is 6.92 Å². The average Bonchev–Trinajstić information content (AvgIpc) is 3.45. The zero-order valence-electron chi connectivity index (χ0n) is 15.8. The van der Waals surface area contributed by atoms with Crippen LogP contribution in [0.3, 0.4) is 0 Å². The van der Waals surface area contributed by atoms with Crippen LogP contribution in [0.4, 0.5) is 11.5 Å². The van der Waals surface area contributed by atoms with E-state index in [4.69, 9.17) is 6.57 Å². The summed E-state index contributed by atoms with van der Waals surface area (Å²) >= 11 is 0. The molecule has 0 radical (unpaired) electrons. The van der Waals surface area contributed by atoms with E-state index in [0.29, 0.717) is 28.8 Å². The van der Waals surface area contributed by atoms with Crippen molar-refractivity contribution in [3.05, 3.63) is 94.7 Å². The molecule has 4 aromatic rings. The number of rotatable bonds is 4. The van der Waals surface area contributed by atoms with Gasteiger partial charge in [0.2, 0.25) is 5.82 Å². The predicted molar refractivity (Wildman–Crippen MR) is 112 cm³/mol. The molecule has 3 heterocycles. The van der Waals surface area contributed by atoms with Gasteiger partial charge >= 0.3 is 0 Å². The fraction of sp³-hybridized carbons (Fsp3) is 0.0476. The molecule has 30 heavy (non-hydrogen) atoms. The standard InChI is InChI=1S/C21H13N9/c1-13-23-21-19(17(29-30(21)28-13)15-11-7-4-8-12-15)25-27-20-18(22-2)16(24-26-20)14-9-5-3-6-10-14/h3-12H,1H3/q-2. The van der Waals surface area contributed by atoms with Crippen molar-refractivity contribution < 1.29 is 0 Å². The van der Waals surface area contributed by atoms with Crippen LogP contribution < -0.4 is 5.10 Å². The Kier molecular flexibility index (Phi) is 4.15. The van der Waals surface area contributed by atoms with Crippen molar-refractivity contribution in [1.29, 1.82) is 0 Å². The van der Waals surface area contributed by atoms with E-state index in [1.165, 1.54) is 4.79 Å². The van der Waals surface area contributed by atoms with Gasteiger partial charge in [-0.25, -0.2) is 15.6 Å². The molecular weight excluding hydrogens is 378 g/mol. The molecule has 0 fully saturated rings. The van der Waals surface area contributed by atoms with Crippen LogP contribution in [0.1, 0.15) is 17.2 Å². The smallest absolute Gasteiger partial charge is 0.202 e. The van der Waals surface area contributed by atoms with Gasteiger partial charge in [-0.1, -0.05) is 60.7 Å². The number of aryl methyl sites for hydroxylation is 1. The van der Waals surface area contributed by atoms with Gasteiger partial charge in [0.25, 0.3) is 0 Å². The SMILES string of the molecule is [C-]#[N+]c1c(-c2ccccc2)n[n-]c1[N-]N=C1C(c2ccccc2)=Nn2nc(C)nc21. The van der Waals surface area contributed by atoms with Crippen molar-refractivity contribution in [2.24, 2.45) is 10.2 Å². The molecule has 0 bridgehead atoms. The van der Waals surface area contributed by atoms with Gasteiger partial charge in [0.05, 0.1) is 12.3 Å². The number of fused-ring (bicyclic) bond motifs is 1. The third-order valence-electron chi connectivity index (χ3n) is 4.46. The molecule has 0 N–H and O–H groups in total. The highest BCUT2D eigenvalue weighted by Crippen LogP contribution is 2.38. The summed E-state index contributed by atoms with van der Waals surface area (Å²) in [7, 11) is 0. The fourth-order valence-corrected chi connectivity index (χ4v) is 3.11. The number of nitrogens with zero attached hydrogens (tertiary/aromatic N) is 9. The van der Waals surface area contributed by atoms with E-state index in [2.05, 4.69) is 40.8 Å². The molecule has 0 aliphatic carbocycles. The monoisotopic (exact) mass is 391 g/mol. The van der Waals surface area contributed by atoms with Crippen LogP contribution in [-0.4, -0.2) is 31.4 Å². The molecule has 0 spiro atoms. The Bertz CT molecular complexity index is 1320. The molecule has 144 valence electrons. The summed E-state index contributed by atoms with van der Waals surface area (Å²) in [5.74, 6) is 1.22. The molecule has 1 aliphatic rings. The Balaban J connectivity index is 1.54. The fourth-order valence-electron chi connectivity index (χ4n) is 3.11. The van der Waals surface area contributed by atoms with Crippen molar-refractivity contribution >= 4 is 22.9 Å². The van der Waals surface area contributed by atoms with Crippen LogP contribution in [0.5, 0.6) is 0 Å². The maximum absolute atomic E-state index is 7.56. The highest BCUT2D eigenvalue weighted by Gasteiger charge is 2.26. The molecule has 0 unspecified atom stereocenters. The third kappa shape index (κ3) is 2.93. The number of hydrogen-bond acceptors (Lipinski definition) is 5. The summed E-state index contributed by atoms with van der Waals surface area (Å²) in [5, 5.41) is 21.3. The van der Waals surface area contributed by atoms with Gasteiger partial charge in [-0.15, -0.1) is 15.0 Å². The third-order valence-corrected chi connectivity index (χ3v) is 4.46. The van der Waals surface area contributed by atoms with Crippen LogP contribution in [0.25, 0.3) is 21.5 Å². The molecule has 0 saturated carbocycles. The van der Waals surface area contributed by atoms with Gasteiger partial charge in [-0.05, 0) is 12.5 Å². The summed E-state index contributed by atoms with van der Waals surface area (Å²) in [6, 6.07) is 19.0. The number of benzene rings is 2. The molecule has 2 aromatic carbocycles.